The van der Waals surface area contributed by atoms with Crippen LogP contribution in [0.4, 0.5) is 13.2 Å². The van der Waals surface area contributed by atoms with E-state index in [1.807, 2.05) is 0 Å². The van der Waals surface area contributed by atoms with Crippen molar-refractivity contribution in [1.82, 2.24) is 10.2 Å². The second-order valence-corrected chi connectivity index (χ2v) is 15.2. The molecule has 10 nitrogen and oxygen atoms in total. The van der Waals surface area contributed by atoms with E-state index < -0.39 is 36.5 Å². The second kappa shape index (κ2) is 17.7. The van der Waals surface area contributed by atoms with Crippen LogP contribution in [0.15, 0.2) is 79.1 Å². The maximum absolute atomic E-state index is 13.9. The molecule has 1 saturated carbocycles. The van der Waals surface area contributed by atoms with Crippen molar-refractivity contribution < 1.29 is 46.4 Å². The Morgan fingerprint density at radius 2 is 1.64 bits per heavy atom. The van der Waals surface area contributed by atoms with E-state index >= 15 is 0 Å². The number of benzene rings is 3. The lowest BCUT2D eigenvalue weighted by molar-refractivity contribution is -0.605. The first-order valence-electron chi connectivity index (χ1n) is 18.5. The van der Waals surface area contributed by atoms with Crippen LogP contribution in [-0.4, -0.2) is 55.8 Å². The number of alkyl halides is 2. The minimum Gasteiger partial charge on any atom is -0.619 e. The molecule has 2 bridgehead atoms. The summed E-state index contributed by atoms with van der Waals surface area (Å²) < 4.78 is 63.6. The molecule has 3 aliphatic heterocycles. The Morgan fingerprint density at radius 1 is 0.929 bits per heavy atom. The summed E-state index contributed by atoms with van der Waals surface area (Å²) in [4.78, 5) is 29.8. The average Bonchev–Trinajstić information content (AvgIpc) is 4.01. The zero-order valence-corrected chi connectivity index (χ0v) is 31.7. The van der Waals surface area contributed by atoms with E-state index in [0.717, 1.165) is 51.2 Å². The highest BCUT2D eigenvalue weighted by Gasteiger charge is 2.38. The molecule has 0 spiro atoms. The number of pyridine rings is 1. The molecule has 1 N–H and O–H groups in total. The van der Waals surface area contributed by atoms with E-state index in [1.54, 1.807) is 24.3 Å². The van der Waals surface area contributed by atoms with Gasteiger partial charge in [-0.3, -0.25) is 10.2 Å². The smallest absolute Gasteiger partial charge is 0.387 e. The van der Waals surface area contributed by atoms with Gasteiger partial charge in [0.15, 0.2) is 23.9 Å². The first kappa shape index (κ1) is 39.7. The van der Waals surface area contributed by atoms with E-state index in [4.69, 9.17) is 42.1 Å². The number of nitrogens with zero attached hydrogens (tertiary/aromatic N) is 2. The molecule has 1 aromatic heterocycles. The van der Waals surface area contributed by atoms with Crippen LogP contribution >= 0.6 is 23.2 Å². The Labute approximate surface area is 332 Å². The van der Waals surface area contributed by atoms with Crippen LogP contribution in [0.2, 0.25) is 10.0 Å². The van der Waals surface area contributed by atoms with E-state index in [-0.39, 0.29) is 46.2 Å². The SMILES string of the molecule is O=C(O[C@@H](Cc1c(Cl)c[n+]([O-])cc1Cl)c1ccc(OC(F)F)c(OCC2CC2)c1)c1cccc(CNC(C(=O)O[C@H]2CN3CCC2CC3)c2ccc(F)cc2)c1. The zero-order chi connectivity index (χ0) is 39.3. The van der Waals surface area contributed by atoms with Crippen molar-refractivity contribution >= 4 is 35.1 Å². The van der Waals surface area contributed by atoms with Gasteiger partial charge in [0.25, 0.3) is 0 Å². The summed E-state index contributed by atoms with van der Waals surface area (Å²) in [5, 5.41) is 15.3. The number of fused-ring (bicyclic) bond motifs is 3. The largest absolute Gasteiger partial charge is 0.619 e. The molecular weight excluding hydrogens is 774 g/mol. The number of esters is 2. The Hall–Kier alpha value is -4.56. The highest BCUT2D eigenvalue weighted by atomic mass is 35.5. The molecule has 8 rings (SSSR count). The molecular formula is C41H40Cl2F3N3O7. The van der Waals surface area contributed by atoms with Gasteiger partial charge in [0.2, 0.25) is 0 Å². The standard InChI is InChI=1S/C41H40Cl2F3N3O7/c42-32-20-49(52)21-33(43)31(32)18-35(28-8-11-34(56-41(45)46)36(17-28)53-23-24-4-5-24)54-39(50)29-3-1-2-25(16-29)19-47-38(27-6-9-30(44)10-7-27)40(51)55-37-22-48-14-12-26(37)13-15-48/h1-3,6-11,16-17,20-21,24,26,35,37-38,41,47H,4-5,12-15,18-19,22-23H2/t35-,37-,38?/m0/s1. The van der Waals surface area contributed by atoms with Gasteiger partial charge in [-0.1, -0.05) is 53.5 Å². The molecule has 0 radical (unpaired) electrons. The number of carbonyl (C=O) groups is 2. The third kappa shape index (κ3) is 10.0. The molecule has 15 heteroatoms. The molecule has 296 valence electrons. The minimum atomic E-state index is -3.10. The van der Waals surface area contributed by atoms with E-state index in [1.165, 1.54) is 42.5 Å². The molecule has 4 aliphatic rings. The van der Waals surface area contributed by atoms with Crippen molar-refractivity contribution in [2.45, 2.75) is 63.5 Å². The molecule has 56 heavy (non-hydrogen) atoms. The third-order valence-corrected chi connectivity index (χ3v) is 11.1. The number of ether oxygens (including phenoxy) is 4. The molecule has 0 amide bonds. The molecule has 3 saturated heterocycles. The molecule has 1 aliphatic carbocycles. The van der Waals surface area contributed by atoms with Gasteiger partial charge in [0, 0.05) is 25.1 Å². The maximum Gasteiger partial charge on any atom is 0.387 e. The van der Waals surface area contributed by atoms with Gasteiger partial charge in [-0.2, -0.15) is 13.5 Å². The molecule has 4 fully saturated rings. The van der Waals surface area contributed by atoms with Gasteiger partial charge >= 0.3 is 18.6 Å². The molecule has 4 heterocycles. The number of hydrogen-bond donors (Lipinski definition) is 1. The van der Waals surface area contributed by atoms with Crippen molar-refractivity contribution in [3.05, 3.63) is 128 Å². The monoisotopic (exact) mass is 813 g/mol. The maximum atomic E-state index is 13.9. The third-order valence-electron chi connectivity index (χ3n) is 10.4. The fourth-order valence-electron chi connectivity index (χ4n) is 7.14. The molecule has 1 unspecified atom stereocenters. The zero-order valence-electron chi connectivity index (χ0n) is 30.2. The number of aromatic nitrogens is 1. The Morgan fingerprint density at radius 3 is 2.30 bits per heavy atom. The van der Waals surface area contributed by atoms with Crippen LogP contribution in [0.5, 0.6) is 11.5 Å². The normalized spacial score (nSPS) is 20.0. The summed E-state index contributed by atoms with van der Waals surface area (Å²) in [6.07, 6.45) is 4.71. The summed E-state index contributed by atoms with van der Waals surface area (Å²) in [6, 6.07) is 15.6. The van der Waals surface area contributed by atoms with Gasteiger partial charge < -0.3 is 24.2 Å². The van der Waals surface area contributed by atoms with Crippen LogP contribution in [0.1, 0.15) is 70.4 Å². The number of hydrogen-bond acceptors (Lipinski definition) is 9. The second-order valence-electron chi connectivity index (χ2n) is 14.4. The average molecular weight is 815 g/mol. The topological polar surface area (TPSA) is 113 Å². The van der Waals surface area contributed by atoms with Crippen LogP contribution < -0.4 is 19.5 Å². The summed E-state index contributed by atoms with van der Waals surface area (Å²) in [5.74, 6) is -1.17. The van der Waals surface area contributed by atoms with Crippen molar-refractivity contribution in [2.24, 2.45) is 11.8 Å². The lowest BCUT2D eigenvalue weighted by atomic mass is 9.86. The first-order chi connectivity index (χ1) is 27.0. The van der Waals surface area contributed by atoms with Gasteiger partial charge in [-0.05, 0) is 104 Å². The van der Waals surface area contributed by atoms with Gasteiger partial charge in [-0.15, -0.1) is 0 Å². The number of rotatable bonds is 16. The fraction of sp³-hybridized carbons (Fsp3) is 0.390. The summed E-state index contributed by atoms with van der Waals surface area (Å²) >= 11 is 12.8. The Balaban J connectivity index is 1.11. The Kier molecular flexibility index (Phi) is 12.5. The van der Waals surface area contributed by atoms with Crippen LogP contribution in [0.25, 0.3) is 0 Å². The predicted molar refractivity (Wildman–Crippen MR) is 200 cm³/mol. The van der Waals surface area contributed by atoms with Crippen LogP contribution in [-0.2, 0) is 27.2 Å². The molecule has 3 atom stereocenters. The van der Waals surface area contributed by atoms with Crippen molar-refractivity contribution in [3.63, 3.8) is 0 Å². The highest BCUT2D eigenvalue weighted by molar-refractivity contribution is 6.35. The van der Waals surface area contributed by atoms with Crippen molar-refractivity contribution in [2.75, 3.05) is 26.2 Å². The van der Waals surface area contributed by atoms with E-state index in [2.05, 4.69) is 10.2 Å². The van der Waals surface area contributed by atoms with Gasteiger partial charge in [-0.25, -0.2) is 14.0 Å². The Bertz CT molecular complexity index is 2010. The lowest BCUT2D eigenvalue weighted by Gasteiger charge is -2.44. The summed E-state index contributed by atoms with van der Waals surface area (Å²) in [5.41, 5.74) is 2.03. The molecule has 3 aromatic carbocycles. The minimum absolute atomic E-state index is 0.0345. The summed E-state index contributed by atoms with van der Waals surface area (Å²) in [6.45, 7) is 0.00740. The summed E-state index contributed by atoms with van der Waals surface area (Å²) in [7, 11) is 0. The highest BCUT2D eigenvalue weighted by Crippen LogP contribution is 2.38. The number of carbonyl (C=O) groups excluding carboxylic acids is 2. The quantitative estimate of drug-likeness (QED) is 0.0689. The van der Waals surface area contributed by atoms with Crippen molar-refractivity contribution in [1.29, 1.82) is 0 Å². The van der Waals surface area contributed by atoms with E-state index in [0.29, 0.717) is 52.0 Å². The number of piperidine rings is 3. The number of nitrogens with one attached hydrogen (secondary N) is 1. The fourth-order valence-corrected chi connectivity index (χ4v) is 7.74. The van der Waals surface area contributed by atoms with E-state index in [9.17, 15) is 28.0 Å². The number of halogens is 5. The van der Waals surface area contributed by atoms with Gasteiger partial charge in [0.1, 0.15) is 34.1 Å². The van der Waals surface area contributed by atoms with Gasteiger partial charge in [0.05, 0.1) is 12.2 Å². The molecule has 4 aromatic rings. The first-order valence-corrected chi connectivity index (χ1v) is 19.2. The van der Waals surface area contributed by atoms with Crippen LogP contribution in [0.3, 0.4) is 0 Å². The lowest BCUT2D eigenvalue weighted by Crippen LogP contribution is -2.52. The van der Waals surface area contributed by atoms with Crippen LogP contribution in [0, 0.1) is 22.9 Å². The predicted octanol–water partition coefficient (Wildman–Crippen LogP) is 7.77. The van der Waals surface area contributed by atoms with Crippen molar-refractivity contribution in [3.8, 4) is 11.5 Å².